The van der Waals surface area contributed by atoms with Gasteiger partial charge in [0.2, 0.25) is 5.91 Å². The largest absolute Gasteiger partial charge is 0.373 e. The number of carbonyl (C=O) groups excluding carboxylic acids is 1. The second kappa shape index (κ2) is 5.53. The van der Waals surface area contributed by atoms with E-state index in [9.17, 15) is 13.6 Å². The highest BCUT2D eigenvalue weighted by Crippen LogP contribution is 2.29. The molecule has 1 amide bonds. The van der Waals surface area contributed by atoms with Gasteiger partial charge in [-0.25, -0.2) is 8.78 Å². The van der Waals surface area contributed by atoms with Gasteiger partial charge in [0.15, 0.2) is 0 Å². The van der Waals surface area contributed by atoms with Crippen molar-refractivity contribution in [2.24, 2.45) is 0 Å². The smallest absolute Gasteiger partial charge is 0.249 e. The van der Waals surface area contributed by atoms with E-state index in [-0.39, 0.29) is 16.6 Å². The Kier molecular flexibility index (Phi) is 3.70. The van der Waals surface area contributed by atoms with Crippen LogP contribution in [0.5, 0.6) is 0 Å². The Morgan fingerprint density at radius 1 is 1.41 bits per heavy atom. The van der Waals surface area contributed by atoms with E-state index in [1.165, 1.54) is 7.05 Å². The zero-order valence-electron chi connectivity index (χ0n) is 11.6. The minimum absolute atomic E-state index is 0.0627. The molecule has 2 heterocycles. The number of fused-ring (bicyclic) bond motifs is 1. The minimum atomic E-state index is -0.860. The highest BCUT2D eigenvalue weighted by Gasteiger charge is 2.30. The maximum absolute atomic E-state index is 13.9. The molecule has 0 fully saturated rings. The molecule has 0 spiro atoms. The van der Waals surface area contributed by atoms with Crippen LogP contribution in [0, 0.1) is 11.6 Å². The molecule has 1 atom stereocenters. The second-order valence-electron chi connectivity index (χ2n) is 5.05. The van der Waals surface area contributed by atoms with Crippen LogP contribution in [0.4, 0.5) is 20.2 Å². The van der Waals surface area contributed by atoms with E-state index in [1.807, 2.05) is 0 Å². The molecule has 1 N–H and O–H groups in total. The molecule has 4 nitrogen and oxygen atoms in total. The third kappa shape index (κ3) is 2.50. The van der Waals surface area contributed by atoms with Gasteiger partial charge in [0, 0.05) is 37.6 Å². The van der Waals surface area contributed by atoms with E-state index < -0.39 is 17.7 Å². The number of nitrogens with one attached hydrogen (secondary N) is 1. The molecule has 1 aromatic carbocycles. The molecule has 114 valence electrons. The molecular weight excluding hydrogens is 312 g/mol. The number of hydrogen-bond acceptors (Lipinski definition) is 3. The summed E-state index contributed by atoms with van der Waals surface area (Å²) in [6, 6.07) is 3.03. The van der Waals surface area contributed by atoms with Crippen molar-refractivity contribution in [1.29, 1.82) is 0 Å². The number of carbonyl (C=O) groups is 1. The lowest BCUT2D eigenvalue weighted by molar-refractivity contribution is -0.118. The van der Waals surface area contributed by atoms with Gasteiger partial charge in [-0.1, -0.05) is 11.6 Å². The van der Waals surface area contributed by atoms with Crippen LogP contribution in [-0.4, -0.2) is 24.0 Å². The fourth-order valence-electron chi connectivity index (χ4n) is 2.46. The van der Waals surface area contributed by atoms with Crippen LogP contribution in [0.3, 0.4) is 0 Å². The van der Waals surface area contributed by atoms with Gasteiger partial charge in [-0.3, -0.25) is 9.78 Å². The number of anilines is 2. The Morgan fingerprint density at radius 3 is 2.91 bits per heavy atom. The van der Waals surface area contributed by atoms with Crippen LogP contribution in [0.15, 0.2) is 30.6 Å². The molecule has 0 bridgehead atoms. The number of amides is 1. The Balaban J connectivity index is 1.83. The van der Waals surface area contributed by atoms with Gasteiger partial charge in [0.1, 0.15) is 17.7 Å². The van der Waals surface area contributed by atoms with E-state index in [4.69, 9.17) is 11.6 Å². The maximum atomic E-state index is 13.9. The Morgan fingerprint density at radius 2 is 2.18 bits per heavy atom. The molecule has 7 heteroatoms. The average Bonchev–Trinajstić information content (AvgIpc) is 2.93. The number of pyridine rings is 1. The second-order valence-corrected chi connectivity index (χ2v) is 5.46. The third-order valence-corrected chi connectivity index (χ3v) is 3.93. The van der Waals surface area contributed by atoms with Crippen molar-refractivity contribution in [2.75, 3.05) is 17.3 Å². The van der Waals surface area contributed by atoms with E-state index in [2.05, 4.69) is 10.3 Å². The van der Waals surface area contributed by atoms with Gasteiger partial charge in [-0.2, -0.15) is 0 Å². The van der Waals surface area contributed by atoms with Crippen molar-refractivity contribution in [1.82, 2.24) is 4.98 Å². The van der Waals surface area contributed by atoms with Gasteiger partial charge in [0.05, 0.1) is 10.7 Å². The Hall–Kier alpha value is -2.21. The summed E-state index contributed by atoms with van der Waals surface area (Å²) in [5.74, 6) is -2.03. The first kappa shape index (κ1) is 14.7. The average molecular weight is 324 g/mol. The fraction of sp³-hybridized carbons (Fsp3) is 0.200. The summed E-state index contributed by atoms with van der Waals surface area (Å²) in [6.45, 7) is 0. The molecule has 1 unspecified atom stereocenters. The van der Waals surface area contributed by atoms with Gasteiger partial charge in [-0.05, 0) is 17.7 Å². The lowest BCUT2D eigenvalue weighted by Crippen LogP contribution is -2.40. The fourth-order valence-corrected chi connectivity index (χ4v) is 2.62. The molecule has 1 aliphatic rings. The molecule has 3 rings (SSSR count). The normalized spacial score (nSPS) is 16.1. The van der Waals surface area contributed by atoms with Gasteiger partial charge in [0.25, 0.3) is 0 Å². The number of hydrogen-bond donors (Lipinski definition) is 1. The van der Waals surface area contributed by atoms with Crippen LogP contribution in [0.2, 0.25) is 5.02 Å². The van der Waals surface area contributed by atoms with Gasteiger partial charge >= 0.3 is 0 Å². The first-order chi connectivity index (χ1) is 10.5. The molecule has 0 saturated heterocycles. The first-order valence-corrected chi connectivity index (χ1v) is 6.96. The summed E-state index contributed by atoms with van der Waals surface area (Å²) in [5, 5.41) is 2.84. The summed E-state index contributed by atoms with van der Waals surface area (Å²) < 4.78 is 27.1. The Bertz CT molecular complexity index is 729. The van der Waals surface area contributed by atoms with Crippen molar-refractivity contribution < 1.29 is 13.6 Å². The summed E-state index contributed by atoms with van der Waals surface area (Å²) >= 11 is 5.66. The Labute approximate surface area is 130 Å². The molecule has 0 saturated carbocycles. The van der Waals surface area contributed by atoms with Crippen molar-refractivity contribution >= 4 is 28.9 Å². The number of aromatic nitrogens is 1. The third-order valence-electron chi connectivity index (χ3n) is 3.64. The molecular formula is C15H12ClF2N3O. The van der Waals surface area contributed by atoms with E-state index >= 15 is 0 Å². The zero-order valence-corrected chi connectivity index (χ0v) is 12.4. The van der Waals surface area contributed by atoms with Crippen molar-refractivity contribution in [3.05, 3.63) is 52.8 Å². The van der Waals surface area contributed by atoms with Crippen LogP contribution in [0.25, 0.3) is 0 Å². The van der Waals surface area contributed by atoms with E-state index in [0.29, 0.717) is 12.5 Å². The van der Waals surface area contributed by atoms with Crippen LogP contribution < -0.4 is 10.2 Å². The minimum Gasteiger partial charge on any atom is -0.373 e. The predicted molar refractivity (Wildman–Crippen MR) is 80.1 cm³/mol. The maximum Gasteiger partial charge on any atom is 0.249 e. The number of nitrogens with zero attached hydrogens (tertiary/aromatic N) is 2. The lowest BCUT2D eigenvalue weighted by atomic mass is 10.1. The van der Waals surface area contributed by atoms with E-state index in [0.717, 1.165) is 22.2 Å². The van der Waals surface area contributed by atoms with Crippen LogP contribution >= 0.6 is 11.6 Å². The summed E-state index contributed by atoms with van der Waals surface area (Å²) in [4.78, 5) is 17.6. The lowest BCUT2D eigenvalue weighted by Gasteiger charge is -2.22. The topological polar surface area (TPSA) is 45.2 Å². The van der Waals surface area contributed by atoms with E-state index in [1.54, 1.807) is 18.5 Å². The monoisotopic (exact) mass is 323 g/mol. The van der Waals surface area contributed by atoms with Crippen molar-refractivity contribution in [2.45, 2.75) is 12.5 Å². The molecule has 2 aromatic rings. The highest BCUT2D eigenvalue weighted by molar-refractivity contribution is 6.31. The molecule has 1 aromatic heterocycles. The molecule has 1 aliphatic heterocycles. The van der Waals surface area contributed by atoms with Crippen molar-refractivity contribution in [3.63, 3.8) is 0 Å². The van der Waals surface area contributed by atoms with Crippen LogP contribution in [0.1, 0.15) is 5.56 Å². The summed E-state index contributed by atoms with van der Waals surface area (Å²) in [7, 11) is 1.43. The van der Waals surface area contributed by atoms with Crippen LogP contribution in [-0.2, 0) is 11.2 Å². The molecule has 0 radical (unpaired) electrons. The number of halogens is 3. The number of benzene rings is 1. The van der Waals surface area contributed by atoms with Gasteiger partial charge < -0.3 is 10.2 Å². The SMILES string of the molecule is CN(C(=O)C1Cc2cnccc2N1)c1cc(Cl)c(F)cc1F. The van der Waals surface area contributed by atoms with Gasteiger partial charge in [-0.15, -0.1) is 0 Å². The first-order valence-electron chi connectivity index (χ1n) is 6.59. The number of likely N-dealkylation sites (N-methyl/N-ethyl adjacent to an activating group) is 1. The van der Waals surface area contributed by atoms with Crippen molar-refractivity contribution in [3.8, 4) is 0 Å². The summed E-state index contributed by atoms with van der Waals surface area (Å²) in [5.41, 5.74) is 1.69. The summed E-state index contributed by atoms with van der Waals surface area (Å²) in [6.07, 6.45) is 3.77. The highest BCUT2D eigenvalue weighted by atomic mass is 35.5. The molecule has 0 aliphatic carbocycles. The molecule has 22 heavy (non-hydrogen) atoms. The quantitative estimate of drug-likeness (QED) is 0.864. The number of rotatable bonds is 2. The zero-order chi connectivity index (χ0) is 15.9. The predicted octanol–water partition coefficient (Wildman–Crippen LogP) is 3.01. The standard InChI is InChI=1S/C15H12ClF2N3O/c1-21(14-5-9(16)10(17)6-11(14)18)15(22)13-4-8-7-19-3-2-12(8)20-13/h2-3,5-7,13,20H,4H2,1H3.